The number of aliphatic hydroxyl groups excluding tert-OH is 1. The van der Waals surface area contributed by atoms with Crippen LogP contribution in [0.3, 0.4) is 0 Å². The van der Waals surface area contributed by atoms with Gasteiger partial charge < -0.3 is 9.84 Å². The summed E-state index contributed by atoms with van der Waals surface area (Å²) in [4.78, 5) is 0. The van der Waals surface area contributed by atoms with Crippen LogP contribution in [0.25, 0.3) is 0 Å². The Hall–Kier alpha value is -0.440. The highest BCUT2D eigenvalue weighted by Crippen LogP contribution is 2.37. The molecule has 0 radical (unpaired) electrons. The Balaban J connectivity index is 3.10. The van der Waals surface area contributed by atoms with Crippen LogP contribution in [0.15, 0.2) is 12.1 Å². The highest BCUT2D eigenvalue weighted by molar-refractivity contribution is 6.35. The lowest BCUT2D eigenvalue weighted by molar-refractivity contribution is 0.167. The van der Waals surface area contributed by atoms with Crippen LogP contribution in [0, 0.1) is 0 Å². The summed E-state index contributed by atoms with van der Waals surface area (Å²) < 4.78 is 5.54. The van der Waals surface area contributed by atoms with E-state index in [1.54, 1.807) is 12.1 Å². The van der Waals surface area contributed by atoms with Gasteiger partial charge in [-0.3, -0.25) is 0 Å². The summed E-state index contributed by atoms with van der Waals surface area (Å²) in [5.41, 5.74) is 0.661. The lowest BCUT2D eigenvalue weighted by Crippen LogP contribution is -2.03. The number of aliphatic hydroxyl groups is 1. The number of ether oxygens (including phenoxy) is 1. The van der Waals surface area contributed by atoms with Crippen molar-refractivity contribution in [1.29, 1.82) is 0 Å². The summed E-state index contributed by atoms with van der Waals surface area (Å²) in [7, 11) is 0. The first kappa shape index (κ1) is 13.6. The fourth-order valence-corrected chi connectivity index (χ4v) is 1.97. The predicted octanol–water partition coefficient (Wildman–Crippen LogP) is 4.23. The van der Waals surface area contributed by atoms with Gasteiger partial charge in [-0.25, -0.2) is 0 Å². The van der Waals surface area contributed by atoms with Crippen LogP contribution in [0.5, 0.6) is 5.75 Å². The summed E-state index contributed by atoms with van der Waals surface area (Å²) in [6, 6.07) is 3.33. The molecule has 1 atom stereocenters. The Labute approximate surface area is 106 Å². The zero-order valence-electron chi connectivity index (χ0n) is 9.46. The van der Waals surface area contributed by atoms with Gasteiger partial charge in [0.15, 0.2) is 0 Å². The van der Waals surface area contributed by atoms with Crippen molar-refractivity contribution in [2.24, 2.45) is 0 Å². The molecule has 0 aliphatic heterocycles. The van der Waals surface area contributed by atoms with Crippen LogP contribution in [0.4, 0.5) is 0 Å². The Kier molecular flexibility index (Phi) is 5.39. The van der Waals surface area contributed by atoms with E-state index in [-0.39, 0.29) is 0 Å². The normalized spacial score (nSPS) is 12.6. The van der Waals surface area contributed by atoms with Crippen LogP contribution in [0.1, 0.15) is 38.4 Å². The first-order chi connectivity index (χ1) is 7.60. The number of benzene rings is 1. The summed E-state index contributed by atoms with van der Waals surface area (Å²) in [6.45, 7) is 4.48. The van der Waals surface area contributed by atoms with Crippen molar-refractivity contribution in [3.8, 4) is 5.75 Å². The average Bonchev–Trinajstić information content (AvgIpc) is 2.26. The molecule has 1 rings (SSSR count). The van der Waals surface area contributed by atoms with Gasteiger partial charge in [-0.05, 0) is 25.0 Å². The van der Waals surface area contributed by atoms with Gasteiger partial charge in [0.1, 0.15) is 5.75 Å². The van der Waals surface area contributed by atoms with E-state index in [2.05, 4.69) is 0 Å². The molecule has 0 amide bonds. The van der Waals surface area contributed by atoms with Crippen molar-refractivity contribution >= 4 is 23.2 Å². The molecular weight excluding hydrogens is 247 g/mol. The van der Waals surface area contributed by atoms with Crippen molar-refractivity contribution in [3.63, 3.8) is 0 Å². The molecule has 0 fully saturated rings. The zero-order valence-corrected chi connectivity index (χ0v) is 11.0. The maximum Gasteiger partial charge on any atom is 0.143 e. The monoisotopic (exact) mass is 262 g/mol. The quantitative estimate of drug-likeness (QED) is 0.861. The Morgan fingerprint density at radius 3 is 2.56 bits per heavy atom. The first-order valence-corrected chi connectivity index (χ1v) is 6.15. The second-order valence-corrected chi connectivity index (χ2v) is 4.42. The molecule has 4 heteroatoms. The van der Waals surface area contributed by atoms with Gasteiger partial charge in [-0.15, -0.1) is 0 Å². The van der Waals surface area contributed by atoms with Crippen LogP contribution < -0.4 is 4.74 Å². The molecule has 2 nitrogen and oxygen atoms in total. The zero-order chi connectivity index (χ0) is 12.1. The third-order valence-corrected chi connectivity index (χ3v) is 2.73. The Bertz CT molecular complexity index is 353. The van der Waals surface area contributed by atoms with Gasteiger partial charge in [0, 0.05) is 10.6 Å². The standard InChI is InChI=1S/C12H16Cl2O2/c1-3-5-16-12-9(11(15)4-2)6-8(13)7-10(12)14/h6-7,11,15H,3-5H2,1-2H3. The number of hydrogen-bond donors (Lipinski definition) is 1. The van der Waals surface area contributed by atoms with Gasteiger partial charge in [-0.2, -0.15) is 0 Å². The number of hydrogen-bond acceptors (Lipinski definition) is 2. The van der Waals surface area contributed by atoms with Crippen LogP contribution in [0.2, 0.25) is 10.0 Å². The average molecular weight is 263 g/mol. The van der Waals surface area contributed by atoms with Crippen LogP contribution >= 0.6 is 23.2 Å². The molecule has 1 N–H and O–H groups in total. The molecule has 1 aromatic carbocycles. The van der Waals surface area contributed by atoms with Crippen LogP contribution in [-0.4, -0.2) is 11.7 Å². The molecule has 0 saturated carbocycles. The molecule has 1 unspecified atom stereocenters. The van der Waals surface area contributed by atoms with Crippen molar-refractivity contribution in [3.05, 3.63) is 27.7 Å². The van der Waals surface area contributed by atoms with E-state index in [0.29, 0.717) is 34.4 Å². The van der Waals surface area contributed by atoms with Gasteiger partial charge in [0.25, 0.3) is 0 Å². The minimum atomic E-state index is -0.594. The molecule has 0 bridgehead atoms. The van der Waals surface area contributed by atoms with Gasteiger partial charge >= 0.3 is 0 Å². The Morgan fingerprint density at radius 2 is 2.00 bits per heavy atom. The molecule has 0 aliphatic carbocycles. The van der Waals surface area contributed by atoms with E-state index in [4.69, 9.17) is 27.9 Å². The smallest absolute Gasteiger partial charge is 0.143 e. The van der Waals surface area contributed by atoms with Crippen molar-refractivity contribution in [2.75, 3.05) is 6.61 Å². The van der Waals surface area contributed by atoms with E-state index in [1.165, 1.54) is 0 Å². The maximum absolute atomic E-state index is 9.86. The van der Waals surface area contributed by atoms with Crippen molar-refractivity contribution < 1.29 is 9.84 Å². The second kappa shape index (κ2) is 6.33. The molecule has 0 saturated heterocycles. The molecule has 16 heavy (non-hydrogen) atoms. The highest BCUT2D eigenvalue weighted by atomic mass is 35.5. The molecule has 0 aromatic heterocycles. The van der Waals surface area contributed by atoms with Gasteiger partial charge in [0.2, 0.25) is 0 Å². The van der Waals surface area contributed by atoms with E-state index in [0.717, 1.165) is 6.42 Å². The molecule has 90 valence electrons. The lowest BCUT2D eigenvalue weighted by atomic mass is 10.1. The third kappa shape index (κ3) is 3.27. The van der Waals surface area contributed by atoms with Crippen molar-refractivity contribution in [1.82, 2.24) is 0 Å². The topological polar surface area (TPSA) is 29.5 Å². The minimum Gasteiger partial charge on any atom is -0.492 e. The molecule has 0 aliphatic rings. The fraction of sp³-hybridized carbons (Fsp3) is 0.500. The lowest BCUT2D eigenvalue weighted by Gasteiger charge is -2.16. The van der Waals surface area contributed by atoms with E-state index >= 15 is 0 Å². The second-order valence-electron chi connectivity index (χ2n) is 3.58. The predicted molar refractivity (Wildman–Crippen MR) is 67.5 cm³/mol. The number of halogens is 2. The highest BCUT2D eigenvalue weighted by Gasteiger charge is 2.16. The fourth-order valence-electron chi connectivity index (χ4n) is 1.40. The maximum atomic E-state index is 9.86. The third-order valence-electron chi connectivity index (χ3n) is 2.23. The molecule has 1 aromatic rings. The minimum absolute atomic E-state index is 0.448. The summed E-state index contributed by atoms with van der Waals surface area (Å²) in [5, 5.41) is 10.8. The summed E-state index contributed by atoms with van der Waals surface area (Å²) >= 11 is 12.0. The number of rotatable bonds is 5. The van der Waals surface area contributed by atoms with Crippen molar-refractivity contribution in [2.45, 2.75) is 32.8 Å². The molecule has 0 spiro atoms. The largest absolute Gasteiger partial charge is 0.492 e. The van der Waals surface area contributed by atoms with E-state index in [9.17, 15) is 5.11 Å². The van der Waals surface area contributed by atoms with Gasteiger partial charge in [0.05, 0.1) is 17.7 Å². The SMILES string of the molecule is CCCOc1c(Cl)cc(Cl)cc1C(O)CC. The van der Waals surface area contributed by atoms with Gasteiger partial charge in [-0.1, -0.05) is 37.0 Å². The first-order valence-electron chi connectivity index (χ1n) is 5.39. The molecular formula is C12H16Cl2O2. The summed E-state index contributed by atoms with van der Waals surface area (Å²) in [6.07, 6.45) is 0.891. The molecule has 0 heterocycles. The summed E-state index contributed by atoms with van der Waals surface area (Å²) in [5.74, 6) is 0.544. The van der Waals surface area contributed by atoms with Crippen LogP contribution in [-0.2, 0) is 0 Å². The van der Waals surface area contributed by atoms with E-state index < -0.39 is 6.10 Å². The Morgan fingerprint density at radius 1 is 1.31 bits per heavy atom. The van der Waals surface area contributed by atoms with E-state index in [1.807, 2.05) is 13.8 Å².